The smallest absolute Gasteiger partial charge is 0.298 e. The van der Waals surface area contributed by atoms with Crippen LogP contribution in [0.15, 0.2) is 70.0 Å². The molecule has 1 aliphatic heterocycles. The Kier molecular flexibility index (Phi) is 6.90. The Bertz CT molecular complexity index is 1250. The van der Waals surface area contributed by atoms with Crippen LogP contribution in [0.1, 0.15) is 11.1 Å². The second kappa shape index (κ2) is 9.67. The summed E-state index contributed by atoms with van der Waals surface area (Å²) in [4.78, 5) is 26.8. The minimum absolute atomic E-state index is 0.216. The number of nitrogens with zero attached hydrogens (tertiary/aromatic N) is 1. The Labute approximate surface area is 206 Å². The van der Waals surface area contributed by atoms with Gasteiger partial charge >= 0.3 is 0 Å². The maximum atomic E-state index is 13.1. The third-order valence-electron chi connectivity index (χ3n) is 4.52. The SMILES string of the molecule is O=C1S/C(=C/c2cc(Br)ccc2OCc2ccc(F)cc2)C(=O)N1c1ccc(Cl)c(Cl)c1. The zero-order valence-electron chi connectivity index (χ0n) is 16.2. The van der Waals surface area contributed by atoms with Gasteiger partial charge in [0.1, 0.15) is 18.2 Å². The fraction of sp³-hybridized carbons (Fsp3) is 0.0435. The number of rotatable bonds is 5. The lowest BCUT2D eigenvalue weighted by Gasteiger charge is -2.13. The maximum Gasteiger partial charge on any atom is 0.298 e. The maximum absolute atomic E-state index is 13.1. The van der Waals surface area contributed by atoms with E-state index in [-0.39, 0.29) is 22.4 Å². The predicted octanol–water partition coefficient (Wildman–Crippen LogP) is 7.71. The van der Waals surface area contributed by atoms with Crippen molar-refractivity contribution in [3.63, 3.8) is 0 Å². The van der Waals surface area contributed by atoms with Crippen molar-refractivity contribution in [3.05, 3.63) is 97.0 Å². The van der Waals surface area contributed by atoms with Gasteiger partial charge in [0.05, 0.1) is 20.6 Å². The van der Waals surface area contributed by atoms with Gasteiger partial charge in [0.15, 0.2) is 0 Å². The van der Waals surface area contributed by atoms with Crippen LogP contribution in [0, 0.1) is 5.82 Å². The largest absolute Gasteiger partial charge is 0.488 e. The third-order valence-corrected chi connectivity index (χ3v) is 6.62. The number of benzene rings is 3. The minimum atomic E-state index is -0.470. The molecule has 0 aliphatic carbocycles. The highest BCUT2D eigenvalue weighted by Crippen LogP contribution is 2.39. The van der Waals surface area contributed by atoms with E-state index in [9.17, 15) is 14.0 Å². The Morgan fingerprint density at radius 2 is 1.75 bits per heavy atom. The second-order valence-corrected chi connectivity index (χ2v) is 9.44. The van der Waals surface area contributed by atoms with E-state index >= 15 is 0 Å². The monoisotopic (exact) mass is 551 g/mol. The number of ether oxygens (including phenoxy) is 1. The molecule has 0 spiro atoms. The highest BCUT2D eigenvalue weighted by atomic mass is 79.9. The topological polar surface area (TPSA) is 46.6 Å². The lowest BCUT2D eigenvalue weighted by molar-refractivity contribution is -0.113. The van der Waals surface area contributed by atoms with Gasteiger partial charge in [-0.25, -0.2) is 9.29 Å². The number of hydrogen-bond acceptors (Lipinski definition) is 4. The molecule has 0 atom stereocenters. The standard InChI is InChI=1S/C23H13BrCl2FNO3S/c24-15-3-8-20(31-12-13-1-4-16(27)5-2-13)14(9-15)10-21-22(29)28(23(30)32-21)17-6-7-18(25)19(26)11-17/h1-11H,12H2/b21-10+. The normalized spacial score (nSPS) is 15.0. The van der Waals surface area contributed by atoms with Crippen LogP contribution in [0.5, 0.6) is 5.75 Å². The number of carbonyl (C=O) groups excluding carboxylic acids is 2. The molecule has 1 heterocycles. The fourth-order valence-corrected chi connectivity index (χ4v) is 4.46. The summed E-state index contributed by atoms with van der Waals surface area (Å²) in [5.74, 6) is -0.280. The van der Waals surface area contributed by atoms with Crippen molar-refractivity contribution in [3.8, 4) is 5.75 Å². The number of anilines is 1. The molecule has 0 aromatic heterocycles. The molecule has 32 heavy (non-hydrogen) atoms. The number of amides is 2. The number of imide groups is 1. The third kappa shape index (κ3) is 5.02. The molecule has 3 aromatic rings. The molecule has 162 valence electrons. The van der Waals surface area contributed by atoms with E-state index in [2.05, 4.69) is 15.9 Å². The summed E-state index contributed by atoms with van der Waals surface area (Å²) in [7, 11) is 0. The van der Waals surface area contributed by atoms with Crippen LogP contribution in [-0.4, -0.2) is 11.1 Å². The van der Waals surface area contributed by atoms with E-state index in [0.717, 1.165) is 26.7 Å². The average Bonchev–Trinajstić information content (AvgIpc) is 3.03. The van der Waals surface area contributed by atoms with Gasteiger partial charge in [0.2, 0.25) is 0 Å². The molecule has 1 aliphatic rings. The van der Waals surface area contributed by atoms with Crippen LogP contribution >= 0.6 is 50.9 Å². The van der Waals surface area contributed by atoms with Crippen molar-refractivity contribution >= 4 is 73.8 Å². The van der Waals surface area contributed by atoms with Crippen molar-refractivity contribution in [2.24, 2.45) is 0 Å². The number of halogens is 4. The Morgan fingerprint density at radius 3 is 2.47 bits per heavy atom. The molecule has 9 heteroatoms. The summed E-state index contributed by atoms with van der Waals surface area (Å²) in [6.45, 7) is 0.216. The number of hydrogen-bond donors (Lipinski definition) is 0. The molecule has 1 saturated heterocycles. The molecule has 0 saturated carbocycles. The van der Waals surface area contributed by atoms with Crippen LogP contribution in [0.25, 0.3) is 6.08 Å². The fourth-order valence-electron chi connectivity index (χ4n) is 2.96. The first kappa shape index (κ1) is 22.9. The van der Waals surface area contributed by atoms with Crippen LogP contribution in [0.3, 0.4) is 0 Å². The van der Waals surface area contributed by atoms with E-state index in [1.54, 1.807) is 42.5 Å². The Balaban J connectivity index is 1.60. The summed E-state index contributed by atoms with van der Waals surface area (Å²) in [6, 6.07) is 15.9. The molecule has 0 N–H and O–H groups in total. The first-order valence-corrected chi connectivity index (χ1v) is 11.6. The molecule has 0 unspecified atom stereocenters. The predicted molar refractivity (Wildman–Crippen MR) is 130 cm³/mol. The number of carbonyl (C=O) groups is 2. The zero-order valence-corrected chi connectivity index (χ0v) is 20.1. The Hall–Kier alpha value is -2.32. The van der Waals surface area contributed by atoms with E-state index in [0.29, 0.717) is 22.0 Å². The quantitative estimate of drug-likeness (QED) is 0.304. The average molecular weight is 553 g/mol. The summed E-state index contributed by atoms with van der Waals surface area (Å²) < 4.78 is 19.8. The first-order chi connectivity index (χ1) is 15.3. The summed E-state index contributed by atoms with van der Waals surface area (Å²) in [5, 5.41) is 0.133. The molecular formula is C23H13BrCl2FNO3S. The molecule has 0 bridgehead atoms. The lowest BCUT2D eigenvalue weighted by atomic mass is 10.1. The van der Waals surface area contributed by atoms with Crippen LogP contribution < -0.4 is 9.64 Å². The van der Waals surface area contributed by atoms with E-state index in [4.69, 9.17) is 27.9 Å². The van der Waals surface area contributed by atoms with Crippen molar-refractivity contribution in [2.45, 2.75) is 6.61 Å². The first-order valence-electron chi connectivity index (χ1n) is 9.21. The van der Waals surface area contributed by atoms with Crippen LogP contribution in [0.2, 0.25) is 10.0 Å². The van der Waals surface area contributed by atoms with Gasteiger partial charge in [-0.05, 0) is 71.9 Å². The van der Waals surface area contributed by atoms with E-state index < -0.39 is 11.1 Å². The van der Waals surface area contributed by atoms with Crippen LogP contribution in [0.4, 0.5) is 14.9 Å². The van der Waals surface area contributed by atoms with Gasteiger partial charge in [-0.2, -0.15) is 0 Å². The summed E-state index contributed by atoms with van der Waals surface area (Å²) in [6.07, 6.45) is 1.60. The molecule has 1 fully saturated rings. The van der Waals surface area contributed by atoms with Gasteiger partial charge < -0.3 is 4.74 Å². The number of thioether (sulfide) groups is 1. The second-order valence-electron chi connectivity index (χ2n) is 6.71. The van der Waals surface area contributed by atoms with Crippen LogP contribution in [-0.2, 0) is 11.4 Å². The van der Waals surface area contributed by atoms with Gasteiger partial charge in [0.25, 0.3) is 11.1 Å². The van der Waals surface area contributed by atoms with Crippen molar-refractivity contribution in [1.29, 1.82) is 0 Å². The Morgan fingerprint density at radius 1 is 1.00 bits per heavy atom. The van der Waals surface area contributed by atoms with Gasteiger partial charge in [-0.1, -0.05) is 51.3 Å². The van der Waals surface area contributed by atoms with Gasteiger partial charge in [-0.3, -0.25) is 9.59 Å². The summed E-state index contributed by atoms with van der Waals surface area (Å²) in [5.41, 5.74) is 1.74. The molecule has 2 amide bonds. The molecule has 0 radical (unpaired) electrons. The molecular weight excluding hydrogens is 540 g/mol. The minimum Gasteiger partial charge on any atom is -0.488 e. The highest BCUT2D eigenvalue weighted by molar-refractivity contribution is 9.10. The molecule has 3 aromatic carbocycles. The summed E-state index contributed by atoms with van der Waals surface area (Å²) >= 11 is 16.2. The van der Waals surface area contributed by atoms with Crippen molar-refractivity contribution in [1.82, 2.24) is 0 Å². The van der Waals surface area contributed by atoms with Gasteiger partial charge in [-0.15, -0.1) is 0 Å². The van der Waals surface area contributed by atoms with Gasteiger partial charge in [0, 0.05) is 10.0 Å². The zero-order chi connectivity index (χ0) is 22.8. The van der Waals surface area contributed by atoms with E-state index in [1.165, 1.54) is 24.3 Å². The molecule has 4 nitrogen and oxygen atoms in total. The van der Waals surface area contributed by atoms with Crippen molar-refractivity contribution in [2.75, 3.05) is 4.90 Å². The lowest BCUT2D eigenvalue weighted by Crippen LogP contribution is -2.27. The van der Waals surface area contributed by atoms with Crippen molar-refractivity contribution < 1.29 is 18.7 Å². The highest BCUT2D eigenvalue weighted by Gasteiger charge is 2.36. The van der Waals surface area contributed by atoms with E-state index in [1.807, 2.05) is 0 Å². The molecule has 4 rings (SSSR count).